The van der Waals surface area contributed by atoms with E-state index in [0.29, 0.717) is 18.8 Å². The summed E-state index contributed by atoms with van der Waals surface area (Å²) in [7, 11) is 0. The van der Waals surface area contributed by atoms with Gasteiger partial charge < -0.3 is 10.0 Å². The summed E-state index contributed by atoms with van der Waals surface area (Å²) in [5.74, 6) is -0.339. The third-order valence-corrected chi connectivity index (χ3v) is 2.88. The van der Waals surface area contributed by atoms with Crippen LogP contribution in [0.2, 0.25) is 0 Å². The quantitative estimate of drug-likeness (QED) is 0.491. The monoisotopic (exact) mass is 280 g/mol. The van der Waals surface area contributed by atoms with Gasteiger partial charge in [0.25, 0.3) is 5.69 Å². The van der Waals surface area contributed by atoms with Gasteiger partial charge in [0.2, 0.25) is 0 Å². The lowest BCUT2D eigenvalue weighted by molar-refractivity contribution is -0.385. The van der Waals surface area contributed by atoms with Crippen LogP contribution in [0.4, 0.5) is 11.4 Å². The molecule has 6 nitrogen and oxygen atoms in total. The SMILES string of the molecule is CCN(CC(C)(C)O)c1ccc(C(C)=O)c([N+](=O)[O-])c1. The number of ketones is 1. The molecule has 0 amide bonds. The van der Waals surface area contributed by atoms with Crippen LogP contribution in [-0.4, -0.2) is 34.5 Å². The number of carbonyl (C=O) groups is 1. The molecule has 0 fully saturated rings. The second-order valence-electron chi connectivity index (χ2n) is 5.34. The van der Waals surface area contributed by atoms with Gasteiger partial charge in [-0.2, -0.15) is 0 Å². The molecule has 0 aliphatic heterocycles. The number of hydrogen-bond acceptors (Lipinski definition) is 5. The van der Waals surface area contributed by atoms with Crippen LogP contribution >= 0.6 is 0 Å². The van der Waals surface area contributed by atoms with Gasteiger partial charge in [-0.3, -0.25) is 14.9 Å². The van der Waals surface area contributed by atoms with Crippen molar-refractivity contribution in [1.82, 2.24) is 0 Å². The Morgan fingerprint density at radius 3 is 2.45 bits per heavy atom. The molecule has 0 aromatic heterocycles. The van der Waals surface area contributed by atoms with Crippen molar-refractivity contribution in [2.24, 2.45) is 0 Å². The molecule has 20 heavy (non-hydrogen) atoms. The van der Waals surface area contributed by atoms with Crippen molar-refractivity contribution in [2.75, 3.05) is 18.0 Å². The van der Waals surface area contributed by atoms with E-state index in [-0.39, 0.29) is 17.0 Å². The highest BCUT2D eigenvalue weighted by atomic mass is 16.6. The number of hydrogen-bond donors (Lipinski definition) is 1. The van der Waals surface area contributed by atoms with Crippen LogP contribution in [0.1, 0.15) is 38.1 Å². The fraction of sp³-hybridized carbons (Fsp3) is 0.500. The van der Waals surface area contributed by atoms with Crippen molar-refractivity contribution in [2.45, 2.75) is 33.3 Å². The van der Waals surface area contributed by atoms with Crippen LogP contribution in [0.15, 0.2) is 18.2 Å². The molecule has 1 N–H and O–H groups in total. The molecule has 0 radical (unpaired) electrons. The Morgan fingerprint density at radius 1 is 1.45 bits per heavy atom. The van der Waals surface area contributed by atoms with E-state index in [1.54, 1.807) is 19.9 Å². The van der Waals surface area contributed by atoms with Crippen LogP contribution in [0.25, 0.3) is 0 Å². The number of aliphatic hydroxyl groups is 1. The van der Waals surface area contributed by atoms with Gasteiger partial charge in [0.15, 0.2) is 5.78 Å². The summed E-state index contributed by atoms with van der Waals surface area (Å²) in [6, 6.07) is 4.51. The Kier molecular flexibility index (Phi) is 4.83. The van der Waals surface area contributed by atoms with Gasteiger partial charge in [-0.25, -0.2) is 0 Å². The third-order valence-electron chi connectivity index (χ3n) is 2.88. The Morgan fingerprint density at radius 2 is 2.05 bits per heavy atom. The predicted molar refractivity (Wildman–Crippen MR) is 77.3 cm³/mol. The van der Waals surface area contributed by atoms with Gasteiger partial charge in [-0.05, 0) is 39.8 Å². The van der Waals surface area contributed by atoms with E-state index in [2.05, 4.69) is 0 Å². The zero-order valence-corrected chi connectivity index (χ0v) is 12.2. The van der Waals surface area contributed by atoms with Crippen LogP contribution in [-0.2, 0) is 0 Å². The first-order chi connectivity index (χ1) is 9.15. The fourth-order valence-electron chi connectivity index (χ4n) is 2.02. The number of carbonyl (C=O) groups excluding carboxylic acids is 1. The lowest BCUT2D eigenvalue weighted by Gasteiger charge is -2.29. The van der Waals surface area contributed by atoms with Gasteiger partial charge in [0, 0.05) is 24.8 Å². The minimum absolute atomic E-state index is 0.0954. The second-order valence-corrected chi connectivity index (χ2v) is 5.34. The van der Waals surface area contributed by atoms with Gasteiger partial charge in [0.05, 0.1) is 16.1 Å². The summed E-state index contributed by atoms with van der Waals surface area (Å²) in [4.78, 5) is 23.7. The molecule has 0 atom stereocenters. The average molecular weight is 280 g/mol. The summed E-state index contributed by atoms with van der Waals surface area (Å²) >= 11 is 0. The number of rotatable bonds is 6. The van der Waals surface area contributed by atoms with Crippen LogP contribution < -0.4 is 4.90 Å². The number of Topliss-reactive ketones (excluding diaryl/α,β-unsaturated/α-hetero) is 1. The van der Waals surface area contributed by atoms with Crippen LogP contribution in [0.3, 0.4) is 0 Å². The van der Waals surface area contributed by atoms with Crippen molar-refractivity contribution >= 4 is 17.2 Å². The topological polar surface area (TPSA) is 83.7 Å². The number of nitrogens with zero attached hydrogens (tertiary/aromatic N) is 2. The summed E-state index contributed by atoms with van der Waals surface area (Å²) in [5, 5.41) is 20.9. The normalized spacial score (nSPS) is 11.2. The molecule has 1 aromatic rings. The minimum Gasteiger partial charge on any atom is -0.389 e. The number of nitro benzene ring substituents is 1. The van der Waals surface area contributed by atoms with E-state index in [4.69, 9.17) is 0 Å². The Bertz CT molecular complexity index is 520. The Hall–Kier alpha value is -1.95. The van der Waals surface area contributed by atoms with Crippen molar-refractivity contribution < 1.29 is 14.8 Å². The maximum absolute atomic E-state index is 11.4. The second kappa shape index (κ2) is 6.00. The number of nitro groups is 1. The molecular formula is C14H20N2O4. The molecule has 1 aromatic carbocycles. The zero-order chi connectivity index (χ0) is 15.5. The number of likely N-dealkylation sites (N-methyl/N-ethyl adjacent to an activating group) is 1. The predicted octanol–water partition coefficient (Wildman–Crippen LogP) is 2.39. The first-order valence-electron chi connectivity index (χ1n) is 6.42. The summed E-state index contributed by atoms with van der Waals surface area (Å²) in [6.07, 6.45) is 0. The van der Waals surface area contributed by atoms with Gasteiger partial charge in [0.1, 0.15) is 0 Å². The van der Waals surface area contributed by atoms with Crippen molar-refractivity contribution in [3.8, 4) is 0 Å². The van der Waals surface area contributed by atoms with Gasteiger partial charge in [-0.15, -0.1) is 0 Å². The zero-order valence-electron chi connectivity index (χ0n) is 12.2. The minimum atomic E-state index is -0.913. The van der Waals surface area contributed by atoms with Crippen molar-refractivity contribution in [3.05, 3.63) is 33.9 Å². The van der Waals surface area contributed by atoms with E-state index in [1.165, 1.54) is 19.1 Å². The Labute approximate surface area is 118 Å². The van der Waals surface area contributed by atoms with E-state index >= 15 is 0 Å². The third kappa shape index (κ3) is 4.03. The molecule has 0 spiro atoms. The van der Waals surface area contributed by atoms with Crippen molar-refractivity contribution in [1.29, 1.82) is 0 Å². The maximum atomic E-state index is 11.4. The van der Waals surface area contributed by atoms with Gasteiger partial charge in [-0.1, -0.05) is 0 Å². The highest BCUT2D eigenvalue weighted by Gasteiger charge is 2.22. The molecule has 6 heteroatoms. The molecule has 0 saturated heterocycles. The molecule has 0 aliphatic rings. The van der Waals surface area contributed by atoms with Crippen LogP contribution in [0.5, 0.6) is 0 Å². The molecule has 0 aliphatic carbocycles. The van der Waals surface area contributed by atoms with E-state index in [1.807, 2.05) is 11.8 Å². The summed E-state index contributed by atoms with van der Waals surface area (Å²) < 4.78 is 0. The van der Waals surface area contributed by atoms with Crippen LogP contribution in [0, 0.1) is 10.1 Å². The lowest BCUT2D eigenvalue weighted by atomic mass is 10.1. The highest BCUT2D eigenvalue weighted by Crippen LogP contribution is 2.27. The molecule has 110 valence electrons. The van der Waals surface area contributed by atoms with Gasteiger partial charge >= 0.3 is 0 Å². The van der Waals surface area contributed by atoms with E-state index < -0.39 is 10.5 Å². The molecule has 0 bridgehead atoms. The first-order valence-corrected chi connectivity index (χ1v) is 6.42. The number of anilines is 1. The average Bonchev–Trinajstić information content (AvgIpc) is 2.33. The lowest BCUT2D eigenvalue weighted by Crippen LogP contribution is -2.38. The first kappa shape index (κ1) is 16.1. The molecule has 1 rings (SSSR count). The van der Waals surface area contributed by atoms with E-state index in [0.717, 1.165) is 0 Å². The summed E-state index contributed by atoms with van der Waals surface area (Å²) in [6.45, 7) is 7.50. The largest absolute Gasteiger partial charge is 0.389 e. The number of benzene rings is 1. The Balaban J connectivity index is 3.22. The molecule has 0 heterocycles. The highest BCUT2D eigenvalue weighted by molar-refractivity contribution is 5.98. The smallest absolute Gasteiger partial charge is 0.282 e. The maximum Gasteiger partial charge on any atom is 0.282 e. The fourth-order valence-corrected chi connectivity index (χ4v) is 2.02. The van der Waals surface area contributed by atoms with Crippen molar-refractivity contribution in [3.63, 3.8) is 0 Å². The molecule has 0 unspecified atom stereocenters. The summed E-state index contributed by atoms with van der Waals surface area (Å²) in [5.41, 5.74) is -0.405. The standard InChI is InChI=1S/C14H20N2O4/c1-5-15(9-14(3,4)18)11-6-7-12(10(2)17)13(8-11)16(19)20/h6-8,18H,5,9H2,1-4H3. The van der Waals surface area contributed by atoms with E-state index in [9.17, 15) is 20.0 Å². The molecule has 0 saturated carbocycles. The molecular weight excluding hydrogens is 260 g/mol.